The molecule has 162 valence electrons. The maximum absolute atomic E-state index is 13.9. The summed E-state index contributed by atoms with van der Waals surface area (Å²) in [7, 11) is -4.17. The predicted molar refractivity (Wildman–Crippen MR) is 109 cm³/mol. The van der Waals surface area contributed by atoms with E-state index in [4.69, 9.17) is 0 Å². The summed E-state index contributed by atoms with van der Waals surface area (Å²) in [5, 5.41) is 2.93. The second kappa shape index (κ2) is 9.53. The molecule has 2 amide bonds. The van der Waals surface area contributed by atoms with E-state index in [1.165, 1.54) is 10.5 Å². The van der Waals surface area contributed by atoms with Crippen LogP contribution in [-0.4, -0.2) is 55.9 Å². The highest BCUT2D eigenvalue weighted by molar-refractivity contribution is 7.89. The van der Waals surface area contributed by atoms with Crippen molar-refractivity contribution in [3.8, 4) is 0 Å². The molecule has 0 bridgehead atoms. The van der Waals surface area contributed by atoms with Gasteiger partial charge >= 0.3 is 6.03 Å². The summed E-state index contributed by atoms with van der Waals surface area (Å²) in [6, 6.07) is 12.0. The highest BCUT2D eigenvalue weighted by atomic mass is 32.2. The van der Waals surface area contributed by atoms with E-state index < -0.39 is 26.6 Å². The van der Waals surface area contributed by atoms with Gasteiger partial charge in [0.15, 0.2) is 0 Å². The first-order valence-corrected chi connectivity index (χ1v) is 11.3. The van der Waals surface area contributed by atoms with Gasteiger partial charge in [-0.05, 0) is 43.5 Å². The van der Waals surface area contributed by atoms with Crippen LogP contribution in [0.15, 0.2) is 53.4 Å². The highest BCUT2D eigenvalue weighted by Gasteiger charge is 2.32. The van der Waals surface area contributed by atoms with Crippen LogP contribution in [0.5, 0.6) is 0 Å². The number of piperazine rings is 1. The van der Waals surface area contributed by atoms with Gasteiger partial charge in [0, 0.05) is 32.2 Å². The smallest absolute Gasteiger partial charge is 0.317 e. The van der Waals surface area contributed by atoms with E-state index in [1.54, 1.807) is 0 Å². The van der Waals surface area contributed by atoms with E-state index in [1.807, 2.05) is 37.3 Å². The number of halogens is 2. The molecule has 0 aromatic heterocycles. The quantitative estimate of drug-likeness (QED) is 0.755. The summed E-state index contributed by atoms with van der Waals surface area (Å²) in [5.41, 5.74) is 1.20. The van der Waals surface area contributed by atoms with E-state index in [0.29, 0.717) is 6.07 Å². The molecule has 1 atom stereocenters. The molecule has 1 fully saturated rings. The second-order valence-corrected chi connectivity index (χ2v) is 9.25. The van der Waals surface area contributed by atoms with E-state index >= 15 is 0 Å². The lowest BCUT2D eigenvalue weighted by molar-refractivity contribution is 0.169. The first-order valence-electron chi connectivity index (χ1n) is 9.82. The Morgan fingerprint density at radius 1 is 1.07 bits per heavy atom. The standard InChI is InChI=1S/C21H25F2N3O3S/c1-16(7-8-17-5-3-2-4-6-17)24-21(27)25-11-13-26(14-12-25)30(28,29)20-15-18(22)9-10-19(20)23/h2-6,9-10,15-16H,7-8,11-14H2,1H3,(H,24,27)/t16-/m0/s1. The van der Waals surface area contributed by atoms with Gasteiger partial charge in [-0.1, -0.05) is 30.3 Å². The summed E-state index contributed by atoms with van der Waals surface area (Å²) in [6.45, 7) is 2.31. The van der Waals surface area contributed by atoms with Crippen molar-refractivity contribution in [1.29, 1.82) is 0 Å². The first kappa shape index (κ1) is 22.2. The van der Waals surface area contributed by atoms with Crippen LogP contribution < -0.4 is 5.32 Å². The van der Waals surface area contributed by atoms with E-state index in [-0.39, 0.29) is 38.3 Å². The Labute approximate surface area is 175 Å². The molecule has 1 heterocycles. The maximum Gasteiger partial charge on any atom is 0.317 e. The van der Waals surface area contributed by atoms with Crippen molar-refractivity contribution in [2.45, 2.75) is 30.7 Å². The molecule has 0 saturated carbocycles. The van der Waals surface area contributed by atoms with Crippen molar-refractivity contribution >= 4 is 16.1 Å². The van der Waals surface area contributed by atoms with Gasteiger partial charge in [-0.25, -0.2) is 22.0 Å². The molecule has 0 unspecified atom stereocenters. The largest absolute Gasteiger partial charge is 0.336 e. The molecular formula is C21H25F2N3O3S. The lowest BCUT2D eigenvalue weighted by atomic mass is 10.1. The summed E-state index contributed by atoms with van der Waals surface area (Å²) in [5.74, 6) is -1.82. The normalized spacial score (nSPS) is 16.3. The third-order valence-electron chi connectivity index (χ3n) is 5.12. The molecule has 2 aromatic carbocycles. The number of benzene rings is 2. The van der Waals surface area contributed by atoms with E-state index in [2.05, 4.69) is 5.32 Å². The zero-order valence-electron chi connectivity index (χ0n) is 16.7. The third kappa shape index (κ3) is 5.34. The van der Waals surface area contributed by atoms with Gasteiger partial charge in [-0.2, -0.15) is 4.31 Å². The van der Waals surface area contributed by atoms with Gasteiger partial charge in [-0.15, -0.1) is 0 Å². The van der Waals surface area contributed by atoms with Crippen LogP contribution in [0.3, 0.4) is 0 Å². The molecule has 0 spiro atoms. The average Bonchev–Trinajstić information content (AvgIpc) is 2.74. The highest BCUT2D eigenvalue weighted by Crippen LogP contribution is 2.21. The number of nitrogens with one attached hydrogen (secondary N) is 1. The number of hydrogen-bond acceptors (Lipinski definition) is 3. The van der Waals surface area contributed by atoms with Crippen LogP contribution in [0.25, 0.3) is 0 Å². The molecule has 30 heavy (non-hydrogen) atoms. The molecule has 0 radical (unpaired) electrons. The number of amides is 2. The zero-order valence-corrected chi connectivity index (χ0v) is 17.5. The fourth-order valence-corrected chi connectivity index (χ4v) is 4.85. The number of hydrogen-bond donors (Lipinski definition) is 1. The fourth-order valence-electron chi connectivity index (χ4n) is 3.35. The molecule has 6 nitrogen and oxygen atoms in total. The summed E-state index contributed by atoms with van der Waals surface area (Å²) in [4.78, 5) is 13.3. The van der Waals surface area contributed by atoms with Crippen LogP contribution in [0.2, 0.25) is 0 Å². The van der Waals surface area contributed by atoms with Crippen molar-refractivity contribution < 1.29 is 22.0 Å². The Hall–Kier alpha value is -2.52. The number of rotatable bonds is 6. The zero-order chi connectivity index (χ0) is 21.7. The van der Waals surface area contributed by atoms with Crippen molar-refractivity contribution in [3.05, 3.63) is 65.7 Å². The molecule has 9 heteroatoms. The Balaban J connectivity index is 1.52. The molecule has 1 saturated heterocycles. The molecular weight excluding hydrogens is 412 g/mol. The molecule has 1 aliphatic heterocycles. The van der Waals surface area contributed by atoms with Crippen LogP contribution in [0.1, 0.15) is 18.9 Å². The number of nitrogens with zero attached hydrogens (tertiary/aromatic N) is 2. The van der Waals surface area contributed by atoms with Crippen molar-refractivity contribution in [3.63, 3.8) is 0 Å². The van der Waals surface area contributed by atoms with Gasteiger partial charge < -0.3 is 10.2 Å². The van der Waals surface area contributed by atoms with Crippen LogP contribution in [0.4, 0.5) is 13.6 Å². The number of carbonyl (C=O) groups excluding carboxylic acids is 1. The molecule has 3 rings (SSSR count). The minimum atomic E-state index is -4.17. The van der Waals surface area contributed by atoms with Crippen molar-refractivity contribution in [1.82, 2.24) is 14.5 Å². The predicted octanol–water partition coefficient (Wildman–Crippen LogP) is 3.00. The number of sulfonamides is 1. The number of carbonyl (C=O) groups is 1. The lowest BCUT2D eigenvalue weighted by Gasteiger charge is -2.34. The summed E-state index contributed by atoms with van der Waals surface area (Å²) in [6.07, 6.45) is 1.62. The Bertz CT molecular complexity index is 978. The second-order valence-electron chi connectivity index (χ2n) is 7.34. The molecule has 1 aliphatic rings. The fraction of sp³-hybridized carbons (Fsp3) is 0.381. The SMILES string of the molecule is C[C@@H](CCc1ccccc1)NC(=O)N1CCN(S(=O)(=O)c2cc(F)ccc2F)CC1. The van der Waals surface area contributed by atoms with E-state index in [0.717, 1.165) is 29.3 Å². The van der Waals surface area contributed by atoms with Gasteiger partial charge in [-0.3, -0.25) is 0 Å². The Morgan fingerprint density at radius 2 is 1.73 bits per heavy atom. The molecule has 0 aliphatic carbocycles. The monoisotopic (exact) mass is 437 g/mol. The average molecular weight is 438 g/mol. The molecule has 1 N–H and O–H groups in total. The maximum atomic E-state index is 13.9. The summed E-state index contributed by atoms with van der Waals surface area (Å²) >= 11 is 0. The number of aryl methyl sites for hydroxylation is 1. The van der Waals surface area contributed by atoms with Crippen molar-refractivity contribution in [2.75, 3.05) is 26.2 Å². The van der Waals surface area contributed by atoms with Gasteiger partial charge in [0.1, 0.15) is 16.5 Å². The summed E-state index contributed by atoms with van der Waals surface area (Å²) < 4.78 is 53.7. The van der Waals surface area contributed by atoms with Gasteiger partial charge in [0.05, 0.1) is 0 Å². The Kier molecular flexibility index (Phi) is 7.04. The first-order chi connectivity index (χ1) is 14.3. The lowest BCUT2D eigenvalue weighted by Crippen LogP contribution is -2.54. The molecule has 2 aromatic rings. The van der Waals surface area contributed by atoms with Gasteiger partial charge in [0.2, 0.25) is 10.0 Å². The minimum Gasteiger partial charge on any atom is -0.336 e. The van der Waals surface area contributed by atoms with Crippen LogP contribution in [-0.2, 0) is 16.4 Å². The topological polar surface area (TPSA) is 69.7 Å². The van der Waals surface area contributed by atoms with Gasteiger partial charge in [0.25, 0.3) is 0 Å². The van der Waals surface area contributed by atoms with Crippen molar-refractivity contribution in [2.24, 2.45) is 0 Å². The van der Waals surface area contributed by atoms with Crippen LogP contribution in [0, 0.1) is 11.6 Å². The van der Waals surface area contributed by atoms with E-state index in [9.17, 15) is 22.0 Å². The third-order valence-corrected chi connectivity index (χ3v) is 7.03. The minimum absolute atomic E-state index is 0.0180. The Morgan fingerprint density at radius 3 is 2.40 bits per heavy atom. The number of urea groups is 1. The van der Waals surface area contributed by atoms with Crippen LogP contribution >= 0.6 is 0 Å².